The summed E-state index contributed by atoms with van der Waals surface area (Å²) >= 11 is 0. The van der Waals surface area contributed by atoms with Crippen molar-refractivity contribution in [3.05, 3.63) is 64.8 Å². The zero-order valence-electron chi connectivity index (χ0n) is 16.1. The van der Waals surface area contributed by atoms with Crippen molar-refractivity contribution in [1.82, 2.24) is 9.88 Å². The lowest BCUT2D eigenvalue weighted by Gasteiger charge is -2.29. The van der Waals surface area contributed by atoms with Gasteiger partial charge in [-0.2, -0.15) is 0 Å². The molecular formula is C22H20N2O5. The van der Waals surface area contributed by atoms with Gasteiger partial charge in [0.1, 0.15) is 0 Å². The van der Waals surface area contributed by atoms with E-state index in [0.29, 0.717) is 42.1 Å². The Kier molecular flexibility index (Phi) is 4.80. The van der Waals surface area contributed by atoms with Crippen LogP contribution in [0, 0.1) is 0 Å². The molecular weight excluding hydrogens is 372 g/mol. The Labute approximate surface area is 167 Å². The monoisotopic (exact) mass is 392 g/mol. The zero-order chi connectivity index (χ0) is 20.5. The fraction of sp³-hybridized carbons (Fsp3) is 0.227. The Bertz CT molecular complexity index is 1130. The summed E-state index contributed by atoms with van der Waals surface area (Å²) < 4.78 is 10.7. The number of benzene rings is 2. The van der Waals surface area contributed by atoms with Crippen molar-refractivity contribution in [3.63, 3.8) is 0 Å². The first-order valence-corrected chi connectivity index (χ1v) is 9.17. The maximum Gasteiger partial charge on any atom is 0.335 e. The van der Waals surface area contributed by atoms with Crippen molar-refractivity contribution >= 4 is 22.8 Å². The quantitative estimate of drug-likeness (QED) is 0.718. The molecule has 4 rings (SSSR count). The highest BCUT2D eigenvalue weighted by Gasteiger charge is 2.28. The van der Waals surface area contributed by atoms with Gasteiger partial charge >= 0.3 is 5.97 Å². The molecule has 7 nitrogen and oxygen atoms in total. The van der Waals surface area contributed by atoms with E-state index >= 15 is 0 Å². The van der Waals surface area contributed by atoms with E-state index in [1.165, 1.54) is 0 Å². The molecule has 0 unspecified atom stereocenters. The molecule has 29 heavy (non-hydrogen) atoms. The Hall–Kier alpha value is -3.61. The van der Waals surface area contributed by atoms with Crippen molar-refractivity contribution in [2.24, 2.45) is 0 Å². The van der Waals surface area contributed by atoms with Gasteiger partial charge in [-0.1, -0.05) is 6.07 Å². The smallest absolute Gasteiger partial charge is 0.335 e. The Morgan fingerprint density at radius 3 is 2.66 bits per heavy atom. The number of aromatic carboxylic acids is 1. The van der Waals surface area contributed by atoms with E-state index in [9.17, 15) is 14.7 Å². The number of ether oxygens (including phenoxy) is 2. The van der Waals surface area contributed by atoms with Gasteiger partial charge in [-0.15, -0.1) is 0 Å². The van der Waals surface area contributed by atoms with Crippen LogP contribution < -0.4 is 9.47 Å². The van der Waals surface area contributed by atoms with Crippen LogP contribution in [0.5, 0.6) is 11.5 Å². The zero-order valence-corrected chi connectivity index (χ0v) is 16.1. The third kappa shape index (κ3) is 3.24. The lowest BCUT2D eigenvalue weighted by molar-refractivity contribution is 0.0692. The maximum atomic E-state index is 13.0. The van der Waals surface area contributed by atoms with Crippen LogP contribution in [0.2, 0.25) is 0 Å². The van der Waals surface area contributed by atoms with Gasteiger partial charge < -0.3 is 19.5 Å². The Balaban J connectivity index is 1.70. The summed E-state index contributed by atoms with van der Waals surface area (Å²) in [5.74, 6) is 0.00792. The van der Waals surface area contributed by atoms with E-state index in [1.54, 1.807) is 43.5 Å². The number of carbonyl (C=O) groups excluding carboxylic acids is 1. The number of fused-ring (bicyclic) bond motifs is 2. The highest BCUT2D eigenvalue weighted by atomic mass is 16.5. The van der Waals surface area contributed by atoms with Crippen LogP contribution >= 0.6 is 0 Å². The molecule has 1 aliphatic rings. The molecule has 7 heteroatoms. The number of carbonyl (C=O) groups is 2. The molecule has 148 valence electrons. The third-order valence-electron chi connectivity index (χ3n) is 5.25. The van der Waals surface area contributed by atoms with Crippen LogP contribution in [0.25, 0.3) is 10.9 Å². The molecule has 0 radical (unpaired) electrons. The number of methoxy groups -OCH3 is 2. The average Bonchev–Trinajstić information content (AvgIpc) is 2.74. The van der Waals surface area contributed by atoms with Gasteiger partial charge in [0, 0.05) is 36.3 Å². The normalized spacial score (nSPS) is 13.3. The fourth-order valence-corrected chi connectivity index (χ4v) is 3.80. The number of amides is 1. The minimum absolute atomic E-state index is 0.167. The number of rotatable bonds is 5. The molecule has 0 saturated heterocycles. The third-order valence-corrected chi connectivity index (χ3v) is 5.25. The first kappa shape index (κ1) is 18.7. The first-order chi connectivity index (χ1) is 14.0. The predicted molar refractivity (Wildman–Crippen MR) is 107 cm³/mol. The summed E-state index contributed by atoms with van der Waals surface area (Å²) in [6.45, 7) is 0.845. The van der Waals surface area contributed by atoms with Gasteiger partial charge in [-0.05, 0) is 41.8 Å². The van der Waals surface area contributed by atoms with Gasteiger partial charge in [-0.25, -0.2) is 4.79 Å². The van der Waals surface area contributed by atoms with Crippen LogP contribution in [0.15, 0.2) is 42.6 Å². The second kappa shape index (κ2) is 7.43. The summed E-state index contributed by atoms with van der Waals surface area (Å²) in [5, 5.41) is 10.3. The molecule has 0 aliphatic carbocycles. The molecule has 1 amide bonds. The highest BCUT2D eigenvalue weighted by molar-refractivity contribution is 6.01. The molecule has 1 aromatic heterocycles. The van der Waals surface area contributed by atoms with Crippen molar-refractivity contribution in [1.29, 1.82) is 0 Å². The van der Waals surface area contributed by atoms with Crippen LogP contribution in [-0.4, -0.2) is 47.6 Å². The van der Waals surface area contributed by atoms with E-state index in [1.807, 2.05) is 18.2 Å². The second-order valence-electron chi connectivity index (χ2n) is 6.81. The average molecular weight is 392 g/mol. The summed E-state index contributed by atoms with van der Waals surface area (Å²) in [6.07, 6.45) is 2.21. The van der Waals surface area contributed by atoms with Gasteiger partial charge in [0.15, 0.2) is 11.5 Å². The number of pyridine rings is 1. The van der Waals surface area contributed by atoms with Gasteiger partial charge in [0.25, 0.3) is 5.91 Å². The van der Waals surface area contributed by atoms with E-state index in [-0.39, 0.29) is 11.5 Å². The minimum atomic E-state index is -1.01. The van der Waals surface area contributed by atoms with Crippen LogP contribution in [0.1, 0.15) is 31.8 Å². The molecule has 0 fully saturated rings. The van der Waals surface area contributed by atoms with Crippen LogP contribution in [0.4, 0.5) is 0 Å². The number of aromatic nitrogens is 1. The lowest BCUT2D eigenvalue weighted by atomic mass is 9.93. The SMILES string of the molecule is COc1cc2nccc(CN3CCc4c(C(=O)O)cccc4C3=O)c2cc1OC. The number of carboxylic acids is 1. The molecule has 1 N–H and O–H groups in total. The number of hydrogen-bond acceptors (Lipinski definition) is 5. The molecule has 2 heterocycles. The van der Waals surface area contributed by atoms with Gasteiger partial charge in [-0.3, -0.25) is 9.78 Å². The highest BCUT2D eigenvalue weighted by Crippen LogP contribution is 2.33. The Morgan fingerprint density at radius 1 is 1.17 bits per heavy atom. The summed E-state index contributed by atoms with van der Waals surface area (Å²) in [4.78, 5) is 30.6. The topological polar surface area (TPSA) is 89.0 Å². The molecule has 3 aromatic rings. The number of carboxylic acid groups (broad SMARTS) is 1. The van der Waals surface area contributed by atoms with Gasteiger partial charge in [0.2, 0.25) is 0 Å². The van der Waals surface area contributed by atoms with E-state index < -0.39 is 5.97 Å². The molecule has 0 spiro atoms. The van der Waals surface area contributed by atoms with Crippen molar-refractivity contribution < 1.29 is 24.2 Å². The van der Waals surface area contributed by atoms with Crippen LogP contribution in [0.3, 0.4) is 0 Å². The number of hydrogen-bond donors (Lipinski definition) is 1. The fourth-order valence-electron chi connectivity index (χ4n) is 3.80. The van der Waals surface area contributed by atoms with Crippen molar-refractivity contribution in [3.8, 4) is 11.5 Å². The predicted octanol–water partition coefficient (Wildman–Crippen LogP) is 3.15. The minimum Gasteiger partial charge on any atom is -0.493 e. The molecule has 0 atom stereocenters. The summed E-state index contributed by atoms with van der Waals surface area (Å²) in [7, 11) is 3.15. The largest absolute Gasteiger partial charge is 0.493 e. The summed E-state index contributed by atoms with van der Waals surface area (Å²) in [5.41, 5.74) is 2.93. The second-order valence-corrected chi connectivity index (χ2v) is 6.81. The van der Waals surface area contributed by atoms with E-state index in [2.05, 4.69) is 4.98 Å². The van der Waals surface area contributed by atoms with E-state index in [4.69, 9.17) is 9.47 Å². The van der Waals surface area contributed by atoms with Crippen LogP contribution in [-0.2, 0) is 13.0 Å². The standard InChI is InChI=1S/C22H20N2O5/c1-28-19-10-17-13(6-8-23-18(17)11-20(19)29-2)12-24-9-7-14-15(21(24)25)4-3-5-16(14)22(26)27/h3-6,8,10-11H,7,9,12H2,1-2H3,(H,26,27). The molecule has 2 aromatic carbocycles. The van der Waals surface area contributed by atoms with Gasteiger partial charge in [0.05, 0.1) is 25.3 Å². The maximum absolute atomic E-state index is 13.0. The van der Waals surface area contributed by atoms with E-state index in [0.717, 1.165) is 16.5 Å². The molecule has 0 bridgehead atoms. The molecule has 0 saturated carbocycles. The summed E-state index contributed by atoms with van der Waals surface area (Å²) in [6, 6.07) is 10.4. The van der Waals surface area contributed by atoms with Crippen molar-refractivity contribution in [2.45, 2.75) is 13.0 Å². The first-order valence-electron chi connectivity index (χ1n) is 9.17. The lowest BCUT2D eigenvalue weighted by Crippen LogP contribution is -2.37. The Morgan fingerprint density at radius 2 is 1.93 bits per heavy atom. The molecule has 1 aliphatic heterocycles. The van der Waals surface area contributed by atoms with Crippen molar-refractivity contribution in [2.75, 3.05) is 20.8 Å². The number of nitrogens with zero attached hydrogens (tertiary/aromatic N) is 2.